The number of aliphatic imine (C=N–C) groups is 1. The Balaban J connectivity index is 0.00000450. The van der Waals surface area contributed by atoms with Crippen molar-refractivity contribution >= 4 is 40.0 Å². The van der Waals surface area contributed by atoms with Crippen molar-refractivity contribution in [3.05, 3.63) is 65.2 Å². The second kappa shape index (κ2) is 11.5. The lowest BCUT2D eigenvalue weighted by Gasteiger charge is -2.12. The molecule has 0 heterocycles. The molecule has 0 saturated carbocycles. The first-order valence-corrected chi connectivity index (χ1v) is 10.4. The number of sulfonamides is 1. The number of primary sulfonamides is 1. The van der Waals surface area contributed by atoms with Crippen molar-refractivity contribution in [2.75, 3.05) is 13.1 Å². The van der Waals surface area contributed by atoms with Gasteiger partial charge in [0.25, 0.3) is 0 Å². The van der Waals surface area contributed by atoms with E-state index in [-0.39, 0.29) is 35.4 Å². The van der Waals surface area contributed by atoms with Crippen LogP contribution in [0.4, 0.5) is 13.2 Å². The highest BCUT2D eigenvalue weighted by Gasteiger charge is 2.29. The lowest BCUT2D eigenvalue weighted by Crippen LogP contribution is -2.38. The molecule has 0 atom stereocenters. The minimum Gasteiger partial charge on any atom is -0.357 e. The molecule has 0 aromatic heterocycles. The Hall–Kier alpha value is -1.86. The molecule has 30 heavy (non-hydrogen) atoms. The summed E-state index contributed by atoms with van der Waals surface area (Å²) in [5.41, 5.74) is 0.890. The van der Waals surface area contributed by atoms with Crippen molar-refractivity contribution in [1.29, 1.82) is 0 Å². The molecule has 0 spiro atoms. The lowest BCUT2D eigenvalue weighted by molar-refractivity contribution is -0.137. The summed E-state index contributed by atoms with van der Waals surface area (Å²) in [7, 11) is -3.71. The third-order valence-electron chi connectivity index (χ3n) is 4.00. The quantitative estimate of drug-likeness (QED) is 0.277. The van der Waals surface area contributed by atoms with Gasteiger partial charge in [-0.05, 0) is 48.7 Å². The first kappa shape index (κ1) is 26.2. The Labute approximate surface area is 191 Å². The van der Waals surface area contributed by atoms with Crippen LogP contribution in [0.2, 0.25) is 0 Å². The largest absolute Gasteiger partial charge is 0.416 e. The van der Waals surface area contributed by atoms with Crippen molar-refractivity contribution in [2.45, 2.75) is 31.0 Å². The summed E-state index contributed by atoms with van der Waals surface area (Å²) in [6, 6.07) is 11.2. The fourth-order valence-electron chi connectivity index (χ4n) is 2.48. The fourth-order valence-corrected chi connectivity index (χ4v) is 3.00. The summed E-state index contributed by atoms with van der Waals surface area (Å²) in [6.45, 7) is 3.30. The number of hydrogen-bond donors (Lipinski definition) is 3. The van der Waals surface area contributed by atoms with Crippen LogP contribution in [0.25, 0.3) is 0 Å². The van der Waals surface area contributed by atoms with Crippen LogP contribution in [0.5, 0.6) is 0 Å². The number of guanidine groups is 1. The standard InChI is InChI=1S/C19H23F3N4O2S.HI/c1-2-24-18(26-13-15-3-7-16(8-4-15)19(20,21)22)25-12-11-14-5-9-17(10-6-14)29(23,27)28;/h3-10H,2,11-13H2,1H3,(H2,23,27,28)(H2,24,25,26);1H. The zero-order chi connectivity index (χ0) is 21.5. The molecule has 0 unspecified atom stereocenters. The molecule has 2 rings (SSSR count). The van der Waals surface area contributed by atoms with Gasteiger partial charge in [-0.15, -0.1) is 24.0 Å². The highest BCUT2D eigenvalue weighted by atomic mass is 127. The summed E-state index contributed by atoms with van der Waals surface area (Å²) < 4.78 is 60.4. The predicted molar refractivity (Wildman–Crippen MR) is 121 cm³/mol. The maximum absolute atomic E-state index is 12.6. The summed E-state index contributed by atoms with van der Waals surface area (Å²) in [4.78, 5) is 4.43. The van der Waals surface area contributed by atoms with Gasteiger partial charge in [-0.1, -0.05) is 24.3 Å². The molecule has 0 aliphatic heterocycles. The van der Waals surface area contributed by atoms with Gasteiger partial charge in [0.05, 0.1) is 17.0 Å². The van der Waals surface area contributed by atoms with Crippen molar-refractivity contribution in [3.8, 4) is 0 Å². The Bertz CT molecular complexity index is 932. The van der Waals surface area contributed by atoms with Crippen LogP contribution < -0.4 is 15.8 Å². The Morgan fingerprint density at radius 3 is 2.07 bits per heavy atom. The van der Waals surface area contributed by atoms with Crippen LogP contribution in [-0.2, 0) is 29.2 Å². The van der Waals surface area contributed by atoms with Crippen molar-refractivity contribution < 1.29 is 21.6 Å². The minimum atomic E-state index is -4.36. The summed E-state index contributed by atoms with van der Waals surface area (Å²) in [5.74, 6) is 0.536. The number of hydrogen-bond acceptors (Lipinski definition) is 3. The van der Waals surface area contributed by atoms with E-state index in [4.69, 9.17) is 5.14 Å². The fraction of sp³-hybridized carbons (Fsp3) is 0.316. The number of rotatable bonds is 7. The number of alkyl halides is 3. The molecule has 0 radical (unpaired) electrons. The SMILES string of the molecule is CCNC(=NCc1ccc(C(F)(F)F)cc1)NCCc1ccc(S(N)(=O)=O)cc1.I. The van der Waals surface area contributed by atoms with Crippen LogP contribution in [0.1, 0.15) is 23.6 Å². The van der Waals surface area contributed by atoms with E-state index < -0.39 is 21.8 Å². The van der Waals surface area contributed by atoms with Gasteiger partial charge in [-0.2, -0.15) is 13.2 Å². The van der Waals surface area contributed by atoms with Gasteiger partial charge in [0.2, 0.25) is 10.0 Å². The molecule has 0 amide bonds. The number of nitrogens with zero attached hydrogens (tertiary/aromatic N) is 1. The number of nitrogens with two attached hydrogens (primary N) is 1. The minimum absolute atomic E-state index is 0. The first-order chi connectivity index (χ1) is 13.6. The molecule has 0 fully saturated rings. The smallest absolute Gasteiger partial charge is 0.357 e. The lowest BCUT2D eigenvalue weighted by atomic mass is 10.1. The van der Waals surface area contributed by atoms with Crippen LogP contribution in [0.3, 0.4) is 0 Å². The molecule has 0 bridgehead atoms. The Morgan fingerprint density at radius 1 is 1.00 bits per heavy atom. The third-order valence-corrected chi connectivity index (χ3v) is 4.93. The van der Waals surface area contributed by atoms with Crippen molar-refractivity contribution in [1.82, 2.24) is 10.6 Å². The molecular weight excluding hydrogens is 532 g/mol. The summed E-state index contributed by atoms with van der Waals surface area (Å²) >= 11 is 0. The number of benzene rings is 2. The Morgan fingerprint density at radius 2 is 1.57 bits per heavy atom. The molecule has 2 aromatic rings. The molecule has 0 saturated heterocycles. The molecule has 166 valence electrons. The van der Waals surface area contributed by atoms with Gasteiger partial charge in [0, 0.05) is 13.1 Å². The van der Waals surface area contributed by atoms with Crippen LogP contribution in [-0.4, -0.2) is 27.5 Å². The number of nitrogens with one attached hydrogen (secondary N) is 2. The first-order valence-electron chi connectivity index (χ1n) is 8.89. The average Bonchev–Trinajstić information content (AvgIpc) is 2.65. The van der Waals surface area contributed by atoms with E-state index in [2.05, 4.69) is 15.6 Å². The molecule has 11 heteroatoms. The maximum Gasteiger partial charge on any atom is 0.416 e. The van der Waals surface area contributed by atoms with Gasteiger partial charge in [0.1, 0.15) is 0 Å². The van der Waals surface area contributed by atoms with Gasteiger partial charge < -0.3 is 10.6 Å². The van der Waals surface area contributed by atoms with E-state index in [1.807, 2.05) is 6.92 Å². The maximum atomic E-state index is 12.6. The average molecular weight is 556 g/mol. The highest BCUT2D eigenvalue weighted by molar-refractivity contribution is 14.0. The third kappa shape index (κ3) is 8.48. The van der Waals surface area contributed by atoms with Crippen LogP contribution in [0, 0.1) is 0 Å². The Kier molecular flexibility index (Phi) is 10.0. The van der Waals surface area contributed by atoms with E-state index >= 15 is 0 Å². The molecule has 2 aromatic carbocycles. The van der Waals surface area contributed by atoms with E-state index in [0.717, 1.165) is 17.7 Å². The van der Waals surface area contributed by atoms with Crippen molar-refractivity contribution in [2.24, 2.45) is 10.1 Å². The molecule has 4 N–H and O–H groups in total. The number of halogens is 4. The normalized spacial score (nSPS) is 12.2. The van der Waals surface area contributed by atoms with Crippen LogP contribution >= 0.6 is 24.0 Å². The van der Waals surface area contributed by atoms with Gasteiger partial charge in [-0.3, -0.25) is 0 Å². The van der Waals surface area contributed by atoms with Gasteiger partial charge in [0.15, 0.2) is 5.96 Å². The zero-order valence-electron chi connectivity index (χ0n) is 16.2. The van der Waals surface area contributed by atoms with E-state index in [9.17, 15) is 21.6 Å². The zero-order valence-corrected chi connectivity index (χ0v) is 19.4. The van der Waals surface area contributed by atoms with E-state index in [1.54, 1.807) is 12.1 Å². The predicted octanol–water partition coefficient (Wildman–Crippen LogP) is 3.27. The summed E-state index contributed by atoms with van der Waals surface area (Å²) in [6.07, 6.45) is -3.74. The van der Waals surface area contributed by atoms with Crippen molar-refractivity contribution in [3.63, 3.8) is 0 Å². The van der Waals surface area contributed by atoms with Gasteiger partial charge in [-0.25, -0.2) is 18.5 Å². The van der Waals surface area contributed by atoms with Gasteiger partial charge >= 0.3 is 6.18 Å². The second-order valence-corrected chi connectivity index (χ2v) is 7.82. The highest BCUT2D eigenvalue weighted by Crippen LogP contribution is 2.29. The topological polar surface area (TPSA) is 96.6 Å². The van der Waals surface area contributed by atoms with E-state index in [0.29, 0.717) is 31.0 Å². The monoisotopic (exact) mass is 556 g/mol. The molecule has 6 nitrogen and oxygen atoms in total. The second-order valence-electron chi connectivity index (χ2n) is 6.26. The van der Waals surface area contributed by atoms with Crippen LogP contribution in [0.15, 0.2) is 58.4 Å². The molecular formula is C19H24F3IN4O2S. The summed E-state index contributed by atoms with van der Waals surface area (Å²) in [5, 5.41) is 11.3. The molecule has 0 aliphatic carbocycles. The molecule has 0 aliphatic rings. The van der Waals surface area contributed by atoms with E-state index in [1.165, 1.54) is 24.3 Å².